The fourth-order valence-electron chi connectivity index (χ4n) is 3.62. The molecule has 4 nitrogen and oxygen atoms in total. The van der Waals surface area contributed by atoms with E-state index in [1.807, 2.05) is 0 Å². The van der Waals surface area contributed by atoms with E-state index in [4.69, 9.17) is 0 Å². The van der Waals surface area contributed by atoms with Gasteiger partial charge in [0.25, 0.3) is 0 Å². The first-order valence-corrected chi connectivity index (χ1v) is 9.31. The maximum atomic E-state index is 12.6. The monoisotopic (exact) mass is 311 g/mol. The van der Waals surface area contributed by atoms with Crippen molar-refractivity contribution in [2.24, 2.45) is 17.8 Å². The van der Waals surface area contributed by atoms with Crippen LogP contribution in [0.3, 0.4) is 0 Å². The summed E-state index contributed by atoms with van der Waals surface area (Å²) >= 11 is 0. The predicted molar refractivity (Wildman–Crippen MR) is 93.7 cm³/mol. The lowest BCUT2D eigenvalue weighted by Crippen LogP contribution is -2.47. The Morgan fingerprint density at radius 3 is 2.32 bits per heavy atom. The van der Waals surface area contributed by atoms with Crippen LogP contribution in [-0.2, 0) is 4.79 Å². The average Bonchev–Trinajstić information content (AvgIpc) is 2.51. The third-order valence-electron chi connectivity index (χ3n) is 4.92. The number of hydrogen-bond donors (Lipinski definition) is 3. The van der Waals surface area contributed by atoms with Gasteiger partial charge in [-0.1, -0.05) is 40.5 Å². The first-order chi connectivity index (χ1) is 10.6. The molecule has 1 aliphatic heterocycles. The number of hydrogen-bond acceptors (Lipinski definition) is 3. The van der Waals surface area contributed by atoms with E-state index in [0.717, 1.165) is 51.6 Å². The van der Waals surface area contributed by atoms with Gasteiger partial charge in [0.15, 0.2) is 0 Å². The molecule has 1 saturated heterocycles. The van der Waals surface area contributed by atoms with E-state index in [2.05, 4.69) is 43.6 Å². The Balaban J connectivity index is 2.45. The molecule has 2 atom stereocenters. The van der Waals surface area contributed by atoms with Crippen molar-refractivity contribution in [1.82, 2.24) is 16.0 Å². The van der Waals surface area contributed by atoms with Gasteiger partial charge in [0.1, 0.15) is 0 Å². The molecule has 0 radical (unpaired) electrons. The molecule has 2 unspecified atom stereocenters. The molecular weight excluding hydrogens is 274 g/mol. The minimum atomic E-state index is 0.166. The zero-order valence-corrected chi connectivity index (χ0v) is 15.1. The molecule has 1 heterocycles. The van der Waals surface area contributed by atoms with E-state index in [1.165, 1.54) is 0 Å². The summed E-state index contributed by atoms with van der Waals surface area (Å²) in [6, 6.07) is 0.544. The lowest BCUT2D eigenvalue weighted by atomic mass is 9.77. The Morgan fingerprint density at radius 1 is 1.14 bits per heavy atom. The second-order valence-corrected chi connectivity index (χ2v) is 7.04. The van der Waals surface area contributed by atoms with Gasteiger partial charge in [-0.15, -0.1) is 0 Å². The summed E-state index contributed by atoms with van der Waals surface area (Å²) in [7, 11) is 0. The average molecular weight is 312 g/mol. The molecule has 0 bridgehead atoms. The van der Waals surface area contributed by atoms with E-state index in [1.54, 1.807) is 0 Å². The van der Waals surface area contributed by atoms with E-state index in [9.17, 15) is 4.79 Å². The van der Waals surface area contributed by atoms with Crippen LogP contribution in [0.5, 0.6) is 0 Å². The van der Waals surface area contributed by atoms with Gasteiger partial charge < -0.3 is 10.6 Å². The molecule has 0 aromatic heterocycles. The summed E-state index contributed by atoms with van der Waals surface area (Å²) < 4.78 is 0. The van der Waals surface area contributed by atoms with Gasteiger partial charge in [-0.05, 0) is 50.6 Å². The topological polar surface area (TPSA) is 53.2 Å². The minimum absolute atomic E-state index is 0.166. The van der Waals surface area contributed by atoms with Gasteiger partial charge in [0, 0.05) is 12.0 Å². The molecule has 1 aliphatic rings. The van der Waals surface area contributed by atoms with Crippen LogP contribution in [0, 0.1) is 17.8 Å². The minimum Gasteiger partial charge on any atom is -0.343 e. The third-order valence-corrected chi connectivity index (χ3v) is 4.92. The Hall–Kier alpha value is -0.610. The molecule has 0 spiro atoms. The summed E-state index contributed by atoms with van der Waals surface area (Å²) in [6.07, 6.45) is 6.69. The second-order valence-electron chi connectivity index (χ2n) is 7.04. The lowest BCUT2D eigenvalue weighted by Gasteiger charge is -2.30. The maximum absolute atomic E-state index is 12.6. The number of rotatable bonds is 10. The highest BCUT2D eigenvalue weighted by Gasteiger charge is 2.29. The predicted octanol–water partition coefficient (Wildman–Crippen LogP) is 2.89. The molecule has 1 rings (SSSR count). The molecule has 1 amide bonds. The molecule has 130 valence electrons. The first-order valence-electron chi connectivity index (χ1n) is 9.31. The SMILES string of the molecule is CCCC(C(=O)NCNC1CCNCC1)C(CCC)C(C)C. The molecule has 0 aliphatic carbocycles. The van der Waals surface area contributed by atoms with Crippen LogP contribution in [0.25, 0.3) is 0 Å². The molecular formula is C18H37N3O. The van der Waals surface area contributed by atoms with Crippen molar-refractivity contribution in [1.29, 1.82) is 0 Å². The number of amides is 1. The molecule has 22 heavy (non-hydrogen) atoms. The summed E-state index contributed by atoms with van der Waals surface area (Å²) in [5.74, 6) is 1.48. The van der Waals surface area contributed by atoms with Crippen LogP contribution in [0.2, 0.25) is 0 Å². The Morgan fingerprint density at radius 2 is 1.77 bits per heavy atom. The van der Waals surface area contributed by atoms with Gasteiger partial charge in [-0.2, -0.15) is 0 Å². The number of piperidine rings is 1. The van der Waals surface area contributed by atoms with Gasteiger partial charge in [-0.25, -0.2) is 0 Å². The van der Waals surface area contributed by atoms with Gasteiger partial charge >= 0.3 is 0 Å². The zero-order chi connectivity index (χ0) is 16.4. The van der Waals surface area contributed by atoms with Crippen LogP contribution in [-0.4, -0.2) is 31.7 Å². The lowest BCUT2D eigenvalue weighted by molar-refractivity contribution is -0.127. The van der Waals surface area contributed by atoms with E-state index in [-0.39, 0.29) is 11.8 Å². The van der Waals surface area contributed by atoms with Gasteiger partial charge in [0.05, 0.1) is 6.67 Å². The highest BCUT2D eigenvalue weighted by molar-refractivity contribution is 5.78. The van der Waals surface area contributed by atoms with E-state index in [0.29, 0.717) is 24.5 Å². The Labute approximate surface area is 137 Å². The molecule has 4 heteroatoms. The largest absolute Gasteiger partial charge is 0.343 e. The fourth-order valence-corrected chi connectivity index (χ4v) is 3.62. The maximum Gasteiger partial charge on any atom is 0.224 e. The summed E-state index contributed by atoms with van der Waals surface area (Å²) in [6.45, 7) is 11.7. The van der Waals surface area contributed by atoms with Crippen molar-refractivity contribution >= 4 is 5.91 Å². The summed E-state index contributed by atoms with van der Waals surface area (Å²) in [4.78, 5) is 12.6. The standard InChI is InChI=1S/C18H37N3O/c1-5-7-16(14(3)4)17(8-6-2)18(22)21-13-20-15-9-11-19-12-10-15/h14-17,19-20H,5-13H2,1-4H3,(H,21,22). The zero-order valence-electron chi connectivity index (χ0n) is 15.1. The molecule has 0 aromatic rings. The second kappa shape index (κ2) is 11.0. The van der Waals surface area contributed by atoms with Crippen molar-refractivity contribution < 1.29 is 4.79 Å². The van der Waals surface area contributed by atoms with Crippen LogP contribution in [0.4, 0.5) is 0 Å². The van der Waals surface area contributed by atoms with Crippen LogP contribution in [0.15, 0.2) is 0 Å². The first kappa shape index (κ1) is 19.4. The van der Waals surface area contributed by atoms with Crippen LogP contribution < -0.4 is 16.0 Å². The van der Waals surface area contributed by atoms with Crippen molar-refractivity contribution in [3.05, 3.63) is 0 Å². The molecule has 0 saturated carbocycles. The van der Waals surface area contributed by atoms with E-state index < -0.39 is 0 Å². The highest BCUT2D eigenvalue weighted by Crippen LogP contribution is 2.29. The molecule has 1 fully saturated rings. The van der Waals surface area contributed by atoms with Gasteiger partial charge in [0.2, 0.25) is 5.91 Å². The van der Waals surface area contributed by atoms with Crippen molar-refractivity contribution in [3.8, 4) is 0 Å². The smallest absolute Gasteiger partial charge is 0.224 e. The van der Waals surface area contributed by atoms with Gasteiger partial charge in [-0.3, -0.25) is 10.1 Å². The Kier molecular flexibility index (Phi) is 9.73. The van der Waals surface area contributed by atoms with E-state index >= 15 is 0 Å². The highest BCUT2D eigenvalue weighted by atomic mass is 16.2. The molecule has 0 aromatic carbocycles. The number of nitrogens with one attached hydrogen (secondary N) is 3. The van der Waals surface area contributed by atoms with Crippen molar-refractivity contribution in [3.63, 3.8) is 0 Å². The molecule has 3 N–H and O–H groups in total. The quantitative estimate of drug-likeness (QED) is 0.544. The summed E-state index contributed by atoms with van der Waals surface area (Å²) in [5.41, 5.74) is 0. The van der Waals surface area contributed by atoms with Crippen LogP contribution >= 0.6 is 0 Å². The number of carbonyl (C=O) groups excluding carboxylic acids is 1. The van der Waals surface area contributed by atoms with Crippen molar-refractivity contribution in [2.75, 3.05) is 19.8 Å². The van der Waals surface area contributed by atoms with Crippen LogP contribution in [0.1, 0.15) is 66.2 Å². The fraction of sp³-hybridized carbons (Fsp3) is 0.944. The van der Waals surface area contributed by atoms with Crippen molar-refractivity contribution in [2.45, 2.75) is 72.3 Å². The normalized spacial score (nSPS) is 19.1. The number of carbonyl (C=O) groups is 1. The third kappa shape index (κ3) is 6.66. The summed E-state index contributed by atoms with van der Waals surface area (Å²) in [5, 5.41) is 9.98. The Bertz CT molecular complexity index is 301.